The van der Waals surface area contributed by atoms with Crippen molar-refractivity contribution in [1.29, 1.82) is 0 Å². The lowest BCUT2D eigenvalue weighted by Crippen LogP contribution is -2.36. The molecule has 1 aliphatic rings. The molecule has 1 N–H and O–H groups in total. The van der Waals surface area contributed by atoms with Crippen molar-refractivity contribution in [2.24, 2.45) is 0 Å². The summed E-state index contributed by atoms with van der Waals surface area (Å²) in [5, 5.41) is 21.9. The summed E-state index contributed by atoms with van der Waals surface area (Å²) in [6, 6.07) is 11.7. The third-order valence-electron chi connectivity index (χ3n) is 5.05. The summed E-state index contributed by atoms with van der Waals surface area (Å²) in [5.74, 6) is -1.76. The van der Waals surface area contributed by atoms with Crippen LogP contribution in [0.1, 0.15) is 27.5 Å². The number of hydrogen-bond donors (Lipinski definition) is 1. The molecule has 0 aliphatic carbocycles. The van der Waals surface area contributed by atoms with Crippen LogP contribution in [0.2, 0.25) is 0 Å². The van der Waals surface area contributed by atoms with E-state index in [9.17, 15) is 24.8 Å². The van der Waals surface area contributed by atoms with Crippen LogP contribution in [0.5, 0.6) is 0 Å². The number of likely N-dealkylation sites (N-methyl/N-ethyl adjacent to an activating group) is 1. The van der Waals surface area contributed by atoms with Crippen LogP contribution in [0.3, 0.4) is 0 Å². The molecule has 2 aromatic carbocycles. The van der Waals surface area contributed by atoms with E-state index in [4.69, 9.17) is 0 Å². The number of carbonyl (C=O) groups excluding carboxylic acids is 2. The second kappa shape index (κ2) is 8.46. The summed E-state index contributed by atoms with van der Waals surface area (Å²) in [7, 11) is 3.68. The van der Waals surface area contributed by atoms with Crippen molar-refractivity contribution >= 4 is 17.4 Å². The second-order valence-corrected chi connectivity index (χ2v) is 7.51. The van der Waals surface area contributed by atoms with Crippen LogP contribution < -0.4 is 0 Å². The van der Waals surface area contributed by atoms with E-state index in [-0.39, 0.29) is 17.8 Å². The standard InChI is InChI=1S/C22H23N3O5/c1-14-7-9-15(10-8-14)20(26)18-19(16-5-4-6-17(13-16)25(29)30)24(12-11-23(2)3)22(28)21(18)27/h4-10,13,19,27H,11-12H2,1-3H3. The third kappa shape index (κ3) is 4.08. The summed E-state index contributed by atoms with van der Waals surface area (Å²) < 4.78 is 0. The topological polar surface area (TPSA) is 104 Å². The van der Waals surface area contributed by atoms with E-state index in [1.165, 1.54) is 23.1 Å². The van der Waals surface area contributed by atoms with Crippen LogP contribution in [0.25, 0.3) is 0 Å². The smallest absolute Gasteiger partial charge is 0.290 e. The number of nitrogens with zero attached hydrogens (tertiary/aromatic N) is 3. The molecule has 3 rings (SSSR count). The van der Waals surface area contributed by atoms with Gasteiger partial charge in [0.15, 0.2) is 11.5 Å². The Hall–Kier alpha value is -3.52. The molecule has 0 bridgehead atoms. The second-order valence-electron chi connectivity index (χ2n) is 7.51. The summed E-state index contributed by atoms with van der Waals surface area (Å²) >= 11 is 0. The van der Waals surface area contributed by atoms with Crippen molar-refractivity contribution in [3.05, 3.63) is 86.7 Å². The van der Waals surface area contributed by atoms with E-state index in [0.29, 0.717) is 17.7 Å². The van der Waals surface area contributed by atoms with Crippen molar-refractivity contribution in [2.45, 2.75) is 13.0 Å². The van der Waals surface area contributed by atoms with Gasteiger partial charge in [-0.1, -0.05) is 42.0 Å². The van der Waals surface area contributed by atoms with Gasteiger partial charge in [-0.15, -0.1) is 0 Å². The Morgan fingerprint density at radius 1 is 1.20 bits per heavy atom. The molecule has 8 heteroatoms. The number of aliphatic hydroxyl groups excluding tert-OH is 1. The van der Waals surface area contributed by atoms with Gasteiger partial charge in [-0.2, -0.15) is 0 Å². The van der Waals surface area contributed by atoms with Crippen molar-refractivity contribution in [2.75, 3.05) is 27.2 Å². The fourth-order valence-electron chi connectivity index (χ4n) is 3.44. The molecule has 0 aromatic heterocycles. The number of nitro benzene ring substituents is 1. The van der Waals surface area contributed by atoms with Gasteiger partial charge in [-0.05, 0) is 26.6 Å². The van der Waals surface area contributed by atoms with Gasteiger partial charge in [-0.25, -0.2) is 0 Å². The highest BCUT2D eigenvalue weighted by Crippen LogP contribution is 2.39. The van der Waals surface area contributed by atoms with E-state index < -0.39 is 28.4 Å². The lowest BCUT2D eigenvalue weighted by Gasteiger charge is -2.28. The van der Waals surface area contributed by atoms with Gasteiger partial charge in [0.05, 0.1) is 16.5 Å². The molecule has 8 nitrogen and oxygen atoms in total. The van der Waals surface area contributed by atoms with Crippen molar-refractivity contribution < 1.29 is 19.6 Å². The first-order valence-electron chi connectivity index (χ1n) is 9.45. The van der Waals surface area contributed by atoms with Crippen LogP contribution in [0.15, 0.2) is 59.9 Å². The fraction of sp³-hybridized carbons (Fsp3) is 0.273. The molecule has 1 aliphatic heterocycles. The largest absolute Gasteiger partial charge is 0.503 e. The molecule has 1 unspecified atom stereocenters. The maximum atomic E-state index is 13.3. The SMILES string of the molecule is Cc1ccc(C(=O)C2=C(O)C(=O)N(CCN(C)C)C2c2cccc([N+](=O)[O-])c2)cc1. The quantitative estimate of drug-likeness (QED) is 0.428. The first kappa shape index (κ1) is 21.2. The summed E-state index contributed by atoms with van der Waals surface area (Å²) in [4.78, 5) is 40.1. The highest BCUT2D eigenvalue weighted by atomic mass is 16.6. The number of carbonyl (C=O) groups is 2. The number of Topliss-reactive ketones (excluding diaryl/α,β-unsaturated/α-hetero) is 1. The van der Waals surface area contributed by atoms with Crippen LogP contribution in [0, 0.1) is 17.0 Å². The normalized spacial score (nSPS) is 16.5. The van der Waals surface area contributed by atoms with Gasteiger partial charge in [0.2, 0.25) is 0 Å². The van der Waals surface area contributed by atoms with Gasteiger partial charge < -0.3 is 14.9 Å². The van der Waals surface area contributed by atoms with Gasteiger partial charge in [-0.3, -0.25) is 19.7 Å². The van der Waals surface area contributed by atoms with E-state index >= 15 is 0 Å². The van der Waals surface area contributed by atoms with Crippen LogP contribution in [-0.4, -0.2) is 58.7 Å². The lowest BCUT2D eigenvalue weighted by molar-refractivity contribution is -0.384. The zero-order valence-electron chi connectivity index (χ0n) is 17.0. The van der Waals surface area contributed by atoms with Crippen molar-refractivity contribution in [3.63, 3.8) is 0 Å². The summed E-state index contributed by atoms with van der Waals surface area (Å²) in [6.07, 6.45) is 0. The number of benzene rings is 2. The van der Waals surface area contributed by atoms with Crippen LogP contribution >= 0.6 is 0 Å². The van der Waals surface area contributed by atoms with E-state index in [0.717, 1.165) is 5.56 Å². The Morgan fingerprint density at radius 2 is 1.87 bits per heavy atom. The molecule has 0 spiro atoms. The number of hydrogen-bond acceptors (Lipinski definition) is 6. The molecule has 0 saturated carbocycles. The number of ketones is 1. The van der Waals surface area contributed by atoms with Gasteiger partial charge >= 0.3 is 0 Å². The minimum absolute atomic E-state index is 0.0666. The Bertz CT molecular complexity index is 1030. The first-order chi connectivity index (χ1) is 14.2. The molecule has 1 amide bonds. The number of non-ortho nitro benzene ring substituents is 1. The summed E-state index contributed by atoms with van der Waals surface area (Å²) in [6.45, 7) is 2.63. The van der Waals surface area contributed by atoms with E-state index in [2.05, 4.69) is 0 Å². The van der Waals surface area contributed by atoms with Gasteiger partial charge in [0, 0.05) is 30.8 Å². The predicted molar refractivity (Wildman–Crippen MR) is 111 cm³/mol. The highest BCUT2D eigenvalue weighted by Gasteiger charge is 2.43. The first-order valence-corrected chi connectivity index (χ1v) is 9.45. The molecule has 1 heterocycles. The Balaban J connectivity index is 2.10. The lowest BCUT2D eigenvalue weighted by atomic mass is 9.92. The molecule has 30 heavy (non-hydrogen) atoms. The average molecular weight is 409 g/mol. The molecule has 0 radical (unpaired) electrons. The van der Waals surface area contributed by atoms with Crippen molar-refractivity contribution in [1.82, 2.24) is 9.80 Å². The predicted octanol–water partition coefficient (Wildman–Crippen LogP) is 3.04. The van der Waals surface area contributed by atoms with Crippen LogP contribution in [-0.2, 0) is 4.79 Å². The maximum absolute atomic E-state index is 13.3. The minimum atomic E-state index is -0.911. The Morgan fingerprint density at radius 3 is 2.47 bits per heavy atom. The number of amides is 1. The van der Waals surface area contributed by atoms with E-state index in [1.54, 1.807) is 30.3 Å². The molecule has 0 fully saturated rings. The minimum Gasteiger partial charge on any atom is -0.503 e. The monoisotopic (exact) mass is 409 g/mol. The molecule has 0 saturated heterocycles. The summed E-state index contributed by atoms with van der Waals surface area (Å²) in [5.41, 5.74) is 1.48. The van der Waals surface area contributed by atoms with Crippen molar-refractivity contribution in [3.8, 4) is 0 Å². The van der Waals surface area contributed by atoms with Gasteiger partial charge in [0.25, 0.3) is 11.6 Å². The molecular formula is C22H23N3O5. The Kier molecular flexibility index (Phi) is 5.98. The number of aryl methyl sites for hydroxylation is 1. The zero-order valence-corrected chi connectivity index (χ0v) is 17.0. The number of rotatable bonds is 7. The zero-order chi connectivity index (χ0) is 22.0. The number of nitro groups is 1. The van der Waals surface area contributed by atoms with E-state index in [1.807, 2.05) is 25.9 Å². The average Bonchev–Trinajstić information content (AvgIpc) is 2.97. The number of aliphatic hydroxyl groups is 1. The maximum Gasteiger partial charge on any atom is 0.290 e. The molecule has 2 aromatic rings. The third-order valence-corrected chi connectivity index (χ3v) is 5.05. The van der Waals surface area contributed by atoms with Crippen LogP contribution in [0.4, 0.5) is 5.69 Å². The fourth-order valence-corrected chi connectivity index (χ4v) is 3.44. The molecular weight excluding hydrogens is 386 g/mol. The highest BCUT2D eigenvalue weighted by molar-refractivity contribution is 6.16. The molecule has 156 valence electrons. The Labute approximate surface area is 174 Å². The molecule has 1 atom stereocenters. The van der Waals surface area contributed by atoms with Gasteiger partial charge in [0.1, 0.15) is 0 Å².